The predicted octanol–water partition coefficient (Wildman–Crippen LogP) is 2.72. The van der Waals surface area contributed by atoms with Crippen molar-refractivity contribution >= 4 is 5.97 Å². The van der Waals surface area contributed by atoms with E-state index in [1.165, 1.54) is 0 Å². The molecule has 3 heteroatoms. The van der Waals surface area contributed by atoms with Crippen LogP contribution >= 0.6 is 0 Å². The first-order chi connectivity index (χ1) is 7.82. The van der Waals surface area contributed by atoms with Crippen LogP contribution in [-0.4, -0.2) is 37.1 Å². The van der Waals surface area contributed by atoms with Crippen molar-refractivity contribution in [2.24, 2.45) is 11.8 Å². The normalized spacial score (nSPS) is 11.3. The molecule has 0 aliphatic heterocycles. The number of rotatable bonds is 8. The van der Waals surface area contributed by atoms with Crippen molar-refractivity contribution in [3.63, 3.8) is 0 Å². The molecule has 0 radical (unpaired) electrons. The third-order valence-corrected chi connectivity index (χ3v) is 2.24. The van der Waals surface area contributed by atoms with Crippen LogP contribution in [0.15, 0.2) is 12.2 Å². The van der Waals surface area contributed by atoms with Gasteiger partial charge in [-0.15, -0.1) is 0 Å². The van der Waals surface area contributed by atoms with Crippen LogP contribution in [0.2, 0.25) is 0 Å². The molecule has 0 heterocycles. The second-order valence-corrected chi connectivity index (χ2v) is 5.46. The standard InChI is InChI=1S/C14H27NO2/c1-11(2)9-15(10-12(3)4)7-8-17-14(16)13(5)6/h11-12H,5,7-10H2,1-4,6H3. The summed E-state index contributed by atoms with van der Waals surface area (Å²) in [5.41, 5.74) is 0.462. The lowest BCUT2D eigenvalue weighted by molar-refractivity contribution is -0.139. The molecule has 0 aromatic carbocycles. The molecule has 100 valence electrons. The molecule has 0 aliphatic carbocycles. The molecule has 0 amide bonds. The monoisotopic (exact) mass is 241 g/mol. The van der Waals surface area contributed by atoms with Crippen LogP contribution < -0.4 is 0 Å². The molecular formula is C14H27NO2. The number of hydrogen-bond donors (Lipinski definition) is 0. The fourth-order valence-electron chi connectivity index (χ4n) is 1.68. The highest BCUT2D eigenvalue weighted by atomic mass is 16.5. The Labute approximate surface area is 106 Å². The van der Waals surface area contributed by atoms with Crippen LogP contribution in [0, 0.1) is 11.8 Å². The van der Waals surface area contributed by atoms with Gasteiger partial charge in [0.05, 0.1) is 0 Å². The highest BCUT2D eigenvalue weighted by molar-refractivity contribution is 5.86. The third-order valence-electron chi connectivity index (χ3n) is 2.24. The molecule has 3 nitrogen and oxygen atoms in total. The first-order valence-corrected chi connectivity index (χ1v) is 6.38. The summed E-state index contributed by atoms with van der Waals surface area (Å²) in [4.78, 5) is 13.6. The van der Waals surface area contributed by atoms with E-state index in [1.54, 1.807) is 6.92 Å². The topological polar surface area (TPSA) is 29.5 Å². The summed E-state index contributed by atoms with van der Waals surface area (Å²) in [6.45, 7) is 17.4. The summed E-state index contributed by atoms with van der Waals surface area (Å²) in [6, 6.07) is 0. The van der Waals surface area contributed by atoms with Gasteiger partial charge < -0.3 is 4.74 Å². The Kier molecular flexibility index (Phi) is 7.88. The average molecular weight is 241 g/mol. The quantitative estimate of drug-likeness (QED) is 0.483. The number of hydrogen-bond acceptors (Lipinski definition) is 3. The molecular weight excluding hydrogens is 214 g/mol. The largest absolute Gasteiger partial charge is 0.461 e. The van der Waals surface area contributed by atoms with Crippen molar-refractivity contribution in [3.8, 4) is 0 Å². The van der Waals surface area contributed by atoms with E-state index in [-0.39, 0.29) is 5.97 Å². The molecule has 0 aliphatic rings. The zero-order chi connectivity index (χ0) is 13.4. The molecule has 0 aromatic heterocycles. The number of nitrogens with zero attached hydrogens (tertiary/aromatic N) is 1. The van der Waals surface area contributed by atoms with E-state index < -0.39 is 0 Å². The lowest BCUT2D eigenvalue weighted by atomic mass is 10.1. The molecule has 0 N–H and O–H groups in total. The lowest BCUT2D eigenvalue weighted by Gasteiger charge is -2.25. The number of carbonyl (C=O) groups is 1. The number of carbonyl (C=O) groups excluding carboxylic acids is 1. The Morgan fingerprint density at radius 3 is 2.00 bits per heavy atom. The molecule has 0 fully saturated rings. The van der Waals surface area contributed by atoms with E-state index in [0.717, 1.165) is 19.6 Å². The summed E-state index contributed by atoms with van der Waals surface area (Å²) in [5, 5.41) is 0. The summed E-state index contributed by atoms with van der Waals surface area (Å²) >= 11 is 0. The van der Waals surface area contributed by atoms with E-state index in [4.69, 9.17) is 4.74 Å². The second kappa shape index (κ2) is 8.29. The van der Waals surface area contributed by atoms with Gasteiger partial charge in [-0.05, 0) is 18.8 Å². The third kappa shape index (κ3) is 8.93. The first-order valence-electron chi connectivity index (χ1n) is 6.38. The number of esters is 1. The van der Waals surface area contributed by atoms with Gasteiger partial charge in [0.25, 0.3) is 0 Å². The highest BCUT2D eigenvalue weighted by Crippen LogP contribution is 2.04. The zero-order valence-electron chi connectivity index (χ0n) is 12.0. The first kappa shape index (κ1) is 16.2. The molecule has 0 atom stereocenters. The fraction of sp³-hybridized carbons (Fsp3) is 0.786. The van der Waals surface area contributed by atoms with Gasteiger partial charge in [-0.1, -0.05) is 34.3 Å². The van der Waals surface area contributed by atoms with Gasteiger partial charge in [-0.25, -0.2) is 4.79 Å². The SMILES string of the molecule is C=C(C)C(=O)OCCN(CC(C)C)CC(C)C. The highest BCUT2D eigenvalue weighted by Gasteiger charge is 2.10. The van der Waals surface area contributed by atoms with Crippen molar-refractivity contribution in [3.05, 3.63) is 12.2 Å². The maximum Gasteiger partial charge on any atom is 0.333 e. The van der Waals surface area contributed by atoms with Crippen LogP contribution in [-0.2, 0) is 9.53 Å². The van der Waals surface area contributed by atoms with Crippen molar-refractivity contribution < 1.29 is 9.53 Å². The zero-order valence-corrected chi connectivity index (χ0v) is 12.0. The molecule has 0 aromatic rings. The predicted molar refractivity (Wildman–Crippen MR) is 71.9 cm³/mol. The Balaban J connectivity index is 3.98. The van der Waals surface area contributed by atoms with Gasteiger partial charge in [-0.2, -0.15) is 0 Å². The van der Waals surface area contributed by atoms with Gasteiger partial charge >= 0.3 is 5.97 Å². The van der Waals surface area contributed by atoms with Crippen molar-refractivity contribution in [1.29, 1.82) is 0 Å². The van der Waals surface area contributed by atoms with Crippen LogP contribution in [0.5, 0.6) is 0 Å². The maximum absolute atomic E-state index is 11.2. The van der Waals surface area contributed by atoms with Gasteiger partial charge in [-0.3, -0.25) is 4.90 Å². The Morgan fingerprint density at radius 1 is 1.18 bits per heavy atom. The van der Waals surface area contributed by atoms with Crippen LogP contribution in [0.1, 0.15) is 34.6 Å². The van der Waals surface area contributed by atoms with Crippen LogP contribution in [0.3, 0.4) is 0 Å². The molecule has 0 rings (SSSR count). The van der Waals surface area contributed by atoms with E-state index in [1.807, 2.05) is 0 Å². The van der Waals surface area contributed by atoms with Crippen molar-refractivity contribution in [1.82, 2.24) is 4.90 Å². The Morgan fingerprint density at radius 2 is 1.65 bits per heavy atom. The van der Waals surface area contributed by atoms with E-state index >= 15 is 0 Å². The average Bonchev–Trinajstić information content (AvgIpc) is 2.14. The molecule has 0 spiro atoms. The Hall–Kier alpha value is -0.830. The molecule has 0 bridgehead atoms. The van der Waals surface area contributed by atoms with E-state index in [2.05, 4.69) is 39.2 Å². The number of ether oxygens (including phenoxy) is 1. The molecule has 0 saturated heterocycles. The van der Waals surface area contributed by atoms with Gasteiger partial charge in [0, 0.05) is 25.2 Å². The second-order valence-electron chi connectivity index (χ2n) is 5.46. The van der Waals surface area contributed by atoms with Gasteiger partial charge in [0.2, 0.25) is 0 Å². The summed E-state index contributed by atoms with van der Waals surface area (Å²) in [7, 11) is 0. The smallest absolute Gasteiger partial charge is 0.333 e. The minimum Gasteiger partial charge on any atom is -0.461 e. The molecule has 17 heavy (non-hydrogen) atoms. The summed E-state index contributed by atoms with van der Waals surface area (Å²) < 4.78 is 5.12. The van der Waals surface area contributed by atoms with Crippen molar-refractivity contribution in [2.45, 2.75) is 34.6 Å². The van der Waals surface area contributed by atoms with Gasteiger partial charge in [0.1, 0.15) is 6.61 Å². The fourth-order valence-corrected chi connectivity index (χ4v) is 1.68. The maximum atomic E-state index is 11.2. The van der Waals surface area contributed by atoms with E-state index in [9.17, 15) is 4.79 Å². The van der Waals surface area contributed by atoms with Gasteiger partial charge in [0.15, 0.2) is 0 Å². The van der Waals surface area contributed by atoms with Crippen LogP contribution in [0.25, 0.3) is 0 Å². The van der Waals surface area contributed by atoms with E-state index in [0.29, 0.717) is 24.0 Å². The minimum atomic E-state index is -0.293. The summed E-state index contributed by atoms with van der Waals surface area (Å²) in [6.07, 6.45) is 0. The lowest BCUT2D eigenvalue weighted by Crippen LogP contribution is -2.34. The molecule has 0 unspecified atom stereocenters. The Bertz CT molecular complexity index is 237. The van der Waals surface area contributed by atoms with Crippen LogP contribution in [0.4, 0.5) is 0 Å². The minimum absolute atomic E-state index is 0.293. The van der Waals surface area contributed by atoms with Crippen molar-refractivity contribution in [2.75, 3.05) is 26.2 Å². The summed E-state index contributed by atoms with van der Waals surface area (Å²) in [5.74, 6) is 0.968. The molecule has 0 saturated carbocycles.